The van der Waals surface area contributed by atoms with Crippen molar-refractivity contribution in [2.75, 3.05) is 5.32 Å². The first-order valence-corrected chi connectivity index (χ1v) is 6.68. The number of anilines is 2. The Balaban J connectivity index is 2.56. The van der Waals surface area contributed by atoms with Crippen molar-refractivity contribution in [3.05, 3.63) is 51.9 Å². The number of nitrogens with zero attached hydrogens (tertiary/aromatic N) is 1. The molecule has 0 fully saturated rings. The molecule has 2 rings (SSSR count). The van der Waals surface area contributed by atoms with Gasteiger partial charge in [0.25, 0.3) is 0 Å². The Morgan fingerprint density at radius 2 is 2.10 bits per heavy atom. The molecule has 1 aromatic heterocycles. The van der Waals surface area contributed by atoms with Crippen molar-refractivity contribution in [1.82, 2.24) is 4.98 Å². The van der Waals surface area contributed by atoms with Gasteiger partial charge in [-0.3, -0.25) is 0 Å². The quantitative estimate of drug-likeness (QED) is 0.845. The van der Waals surface area contributed by atoms with Crippen LogP contribution in [-0.2, 0) is 0 Å². The van der Waals surface area contributed by atoms with Crippen molar-refractivity contribution in [2.45, 2.75) is 13.8 Å². The molecule has 0 spiro atoms. The van der Waals surface area contributed by atoms with E-state index < -0.39 is 5.82 Å². The third kappa shape index (κ3) is 2.89. The number of aryl methyl sites for hydroxylation is 2. The maximum atomic E-state index is 13.8. The lowest BCUT2D eigenvalue weighted by atomic mass is 10.1. The molecule has 0 atom stereocenters. The van der Waals surface area contributed by atoms with Crippen LogP contribution in [0.1, 0.15) is 16.8 Å². The molecule has 104 valence electrons. The summed E-state index contributed by atoms with van der Waals surface area (Å²) in [6.07, 6.45) is 0. The topological polar surface area (TPSA) is 50.9 Å². The van der Waals surface area contributed by atoms with Crippen molar-refractivity contribution in [3.8, 4) is 0 Å². The van der Waals surface area contributed by atoms with Crippen LogP contribution in [0.4, 0.5) is 15.9 Å². The van der Waals surface area contributed by atoms with E-state index in [0.717, 1.165) is 11.3 Å². The third-order valence-electron chi connectivity index (χ3n) is 2.80. The second kappa shape index (κ2) is 5.73. The maximum Gasteiger partial charge on any atom is 0.148 e. The van der Waals surface area contributed by atoms with E-state index in [0.29, 0.717) is 11.4 Å². The molecule has 0 bridgehead atoms. The second-order valence-electron chi connectivity index (χ2n) is 4.39. The third-order valence-corrected chi connectivity index (χ3v) is 3.32. The Hall–Kier alpha value is -1.72. The lowest BCUT2D eigenvalue weighted by molar-refractivity contribution is 0.632. The number of halogens is 2. The fourth-order valence-corrected chi connectivity index (χ4v) is 2.44. The minimum absolute atomic E-state index is 0.157. The highest BCUT2D eigenvalue weighted by Crippen LogP contribution is 2.29. The molecule has 0 saturated carbocycles. The number of nitrogens with one attached hydrogen (secondary N) is 1. The molecule has 1 aromatic carbocycles. The molecule has 0 saturated heterocycles. The zero-order chi connectivity index (χ0) is 14.9. The molecular weight excluding hydrogens is 297 g/mol. The Bertz CT molecular complexity index is 668. The molecule has 6 heteroatoms. The Morgan fingerprint density at radius 1 is 1.40 bits per heavy atom. The number of benzene rings is 1. The molecule has 0 radical (unpaired) electrons. The average Bonchev–Trinajstić information content (AvgIpc) is 2.32. The largest absolute Gasteiger partial charge is 0.389 e. The maximum absolute atomic E-state index is 13.8. The van der Waals surface area contributed by atoms with Crippen LogP contribution in [0.25, 0.3) is 0 Å². The Labute approximate surface area is 127 Å². The van der Waals surface area contributed by atoms with Crippen LogP contribution < -0.4 is 11.1 Å². The molecule has 2 aromatic rings. The van der Waals surface area contributed by atoms with E-state index in [-0.39, 0.29) is 15.7 Å². The first-order valence-electron chi connectivity index (χ1n) is 5.89. The molecule has 0 unspecified atom stereocenters. The fourth-order valence-electron chi connectivity index (χ4n) is 1.97. The number of para-hydroxylation sites is 1. The Morgan fingerprint density at radius 3 is 2.70 bits per heavy atom. The smallest absolute Gasteiger partial charge is 0.148 e. The lowest BCUT2D eigenvalue weighted by Crippen LogP contribution is -2.15. The zero-order valence-electron chi connectivity index (χ0n) is 11.0. The Kier molecular flexibility index (Phi) is 4.20. The number of rotatable bonds is 3. The number of thiocarbonyl (C=S) groups is 1. The summed E-state index contributed by atoms with van der Waals surface area (Å²) in [5.74, 6) is -0.0608. The summed E-state index contributed by atoms with van der Waals surface area (Å²) in [4.78, 5) is 4.53. The van der Waals surface area contributed by atoms with Crippen molar-refractivity contribution in [3.63, 3.8) is 0 Å². The molecule has 20 heavy (non-hydrogen) atoms. The minimum atomic E-state index is -0.465. The highest BCUT2D eigenvalue weighted by Gasteiger charge is 2.15. The van der Waals surface area contributed by atoms with Gasteiger partial charge in [-0.05, 0) is 37.6 Å². The van der Waals surface area contributed by atoms with Gasteiger partial charge in [0.1, 0.15) is 16.6 Å². The summed E-state index contributed by atoms with van der Waals surface area (Å²) in [7, 11) is 0. The van der Waals surface area contributed by atoms with E-state index in [2.05, 4.69) is 10.3 Å². The van der Waals surface area contributed by atoms with Crippen LogP contribution in [0, 0.1) is 19.7 Å². The normalized spacial score (nSPS) is 10.4. The van der Waals surface area contributed by atoms with Crippen molar-refractivity contribution in [2.24, 2.45) is 5.73 Å². The van der Waals surface area contributed by atoms with E-state index in [9.17, 15) is 4.39 Å². The first kappa shape index (κ1) is 14.7. The van der Waals surface area contributed by atoms with Gasteiger partial charge in [0.15, 0.2) is 0 Å². The highest BCUT2D eigenvalue weighted by molar-refractivity contribution is 7.80. The second-order valence-corrected chi connectivity index (χ2v) is 5.24. The van der Waals surface area contributed by atoms with Crippen molar-refractivity contribution < 1.29 is 4.39 Å². The van der Waals surface area contributed by atoms with Crippen LogP contribution in [0.5, 0.6) is 0 Å². The van der Waals surface area contributed by atoms with Gasteiger partial charge in [0.05, 0.1) is 16.3 Å². The summed E-state index contributed by atoms with van der Waals surface area (Å²) < 4.78 is 13.8. The summed E-state index contributed by atoms with van der Waals surface area (Å²) in [6.45, 7) is 3.71. The van der Waals surface area contributed by atoms with Gasteiger partial charge >= 0.3 is 0 Å². The number of nitrogens with two attached hydrogens (primary N) is 1. The fraction of sp³-hybridized carbons (Fsp3) is 0.143. The molecule has 0 aliphatic rings. The summed E-state index contributed by atoms with van der Waals surface area (Å²) in [5.41, 5.74) is 8.11. The first-order chi connectivity index (χ1) is 9.40. The number of pyridine rings is 1. The predicted octanol–water partition coefficient (Wildman–Crippen LogP) is 3.87. The molecular formula is C14H13ClFN3S. The van der Waals surface area contributed by atoms with Gasteiger partial charge in [0.2, 0.25) is 0 Å². The number of aromatic nitrogens is 1. The summed E-state index contributed by atoms with van der Waals surface area (Å²) in [6, 6.07) is 6.31. The molecule has 1 heterocycles. The molecule has 0 aliphatic heterocycles. The monoisotopic (exact) mass is 309 g/mol. The van der Waals surface area contributed by atoms with Crippen LogP contribution in [-0.4, -0.2) is 9.97 Å². The molecule has 0 amide bonds. The van der Waals surface area contributed by atoms with Crippen LogP contribution in [0.3, 0.4) is 0 Å². The van der Waals surface area contributed by atoms with Crippen molar-refractivity contribution >= 4 is 40.3 Å². The van der Waals surface area contributed by atoms with Crippen LogP contribution in [0.2, 0.25) is 5.02 Å². The van der Waals surface area contributed by atoms with Gasteiger partial charge < -0.3 is 11.1 Å². The highest BCUT2D eigenvalue weighted by atomic mass is 35.5. The zero-order valence-corrected chi connectivity index (χ0v) is 12.6. The number of hydrogen-bond donors (Lipinski definition) is 2. The van der Waals surface area contributed by atoms with Gasteiger partial charge in [-0.2, -0.15) is 0 Å². The number of hydrogen-bond acceptors (Lipinski definition) is 3. The van der Waals surface area contributed by atoms with E-state index >= 15 is 0 Å². The van der Waals surface area contributed by atoms with Gasteiger partial charge in [-0.25, -0.2) is 9.37 Å². The lowest BCUT2D eigenvalue weighted by Gasteiger charge is -2.15. The minimum Gasteiger partial charge on any atom is -0.389 e. The van der Waals surface area contributed by atoms with E-state index in [4.69, 9.17) is 29.6 Å². The molecule has 3 nitrogen and oxygen atoms in total. The van der Waals surface area contributed by atoms with E-state index in [1.165, 1.54) is 12.1 Å². The SMILES string of the molecule is Cc1cc(C)c(C(N)=S)c(Nc2c(F)cccc2Cl)n1. The van der Waals surface area contributed by atoms with E-state index in [1.54, 1.807) is 6.07 Å². The molecule has 0 aliphatic carbocycles. The molecule has 3 N–H and O–H groups in total. The standard InChI is InChI=1S/C14H13ClFN3S/c1-7-6-8(2)18-14(11(7)13(17)20)19-12-9(15)4-3-5-10(12)16/h3-6H,1-2H3,(H2,17,20)(H,18,19). The summed E-state index contributed by atoms with van der Waals surface area (Å²) in [5, 5.41) is 3.15. The van der Waals surface area contributed by atoms with E-state index in [1.807, 2.05) is 19.9 Å². The summed E-state index contributed by atoms with van der Waals surface area (Å²) >= 11 is 11.0. The van der Waals surface area contributed by atoms with Crippen LogP contribution in [0.15, 0.2) is 24.3 Å². The average molecular weight is 310 g/mol. The van der Waals surface area contributed by atoms with Gasteiger partial charge in [0, 0.05) is 5.69 Å². The van der Waals surface area contributed by atoms with Crippen molar-refractivity contribution in [1.29, 1.82) is 0 Å². The van der Waals surface area contributed by atoms with Gasteiger partial charge in [-0.1, -0.05) is 29.9 Å². The predicted molar refractivity (Wildman–Crippen MR) is 84.3 cm³/mol. The van der Waals surface area contributed by atoms with Gasteiger partial charge in [-0.15, -0.1) is 0 Å². The van der Waals surface area contributed by atoms with Crippen LogP contribution >= 0.6 is 23.8 Å².